The maximum Gasteiger partial charge on any atom is 0.124 e. The Morgan fingerprint density at radius 3 is 2.77 bits per heavy atom. The Morgan fingerprint density at radius 1 is 1.46 bits per heavy atom. The first-order chi connectivity index (χ1) is 6.25. The number of hydrogen-bond donors (Lipinski definition) is 2. The van der Waals surface area contributed by atoms with Gasteiger partial charge in [0.15, 0.2) is 0 Å². The van der Waals surface area contributed by atoms with Gasteiger partial charge in [-0.05, 0) is 19.1 Å². The van der Waals surface area contributed by atoms with Gasteiger partial charge in [0.2, 0.25) is 0 Å². The molecular formula is C10H13NOS. The van der Waals surface area contributed by atoms with E-state index in [1.165, 1.54) is 0 Å². The second-order valence-corrected chi connectivity index (χ2v) is 3.16. The minimum Gasteiger partial charge on any atom is -0.507 e. The molecule has 1 aromatic carbocycles. The fourth-order valence-electron chi connectivity index (χ4n) is 1.08. The number of phenolic OH excluding ortho intramolecular Hbond substituents is 1. The number of aromatic hydroxyl groups is 1. The lowest BCUT2D eigenvalue weighted by Gasteiger charge is -2.02. The van der Waals surface area contributed by atoms with Crippen molar-refractivity contribution in [2.75, 3.05) is 12.3 Å². The standard InChI is InChI=1S/C10H13NOS/c1-8(11-6-7-13)9-4-2-3-5-10(9)12/h2-5,12-13H,6-7H2,1H3/b11-8-. The second kappa shape index (κ2) is 4.92. The molecule has 13 heavy (non-hydrogen) atoms. The van der Waals surface area contributed by atoms with E-state index >= 15 is 0 Å². The summed E-state index contributed by atoms with van der Waals surface area (Å²) in [5.74, 6) is 1.01. The molecule has 0 amide bonds. The van der Waals surface area contributed by atoms with Crippen LogP contribution >= 0.6 is 12.6 Å². The summed E-state index contributed by atoms with van der Waals surface area (Å²) in [5.41, 5.74) is 1.65. The van der Waals surface area contributed by atoms with Crippen LogP contribution in [-0.2, 0) is 0 Å². The quantitative estimate of drug-likeness (QED) is 0.562. The van der Waals surface area contributed by atoms with Gasteiger partial charge in [0, 0.05) is 23.6 Å². The van der Waals surface area contributed by atoms with Crippen molar-refractivity contribution >= 4 is 18.3 Å². The molecule has 0 heterocycles. The van der Waals surface area contributed by atoms with Gasteiger partial charge >= 0.3 is 0 Å². The summed E-state index contributed by atoms with van der Waals surface area (Å²) in [4.78, 5) is 4.25. The predicted molar refractivity (Wildman–Crippen MR) is 59.0 cm³/mol. The Balaban J connectivity index is 2.88. The van der Waals surface area contributed by atoms with Crippen LogP contribution in [0.1, 0.15) is 12.5 Å². The third-order valence-corrected chi connectivity index (χ3v) is 1.94. The van der Waals surface area contributed by atoms with E-state index in [-0.39, 0.29) is 5.75 Å². The third-order valence-electron chi connectivity index (χ3n) is 1.74. The zero-order chi connectivity index (χ0) is 9.68. The summed E-state index contributed by atoms with van der Waals surface area (Å²) >= 11 is 4.06. The molecule has 0 fully saturated rings. The number of thiol groups is 1. The van der Waals surface area contributed by atoms with Gasteiger partial charge in [0.1, 0.15) is 5.75 Å². The molecule has 0 aromatic heterocycles. The number of hydrogen-bond acceptors (Lipinski definition) is 3. The van der Waals surface area contributed by atoms with Gasteiger partial charge in [0.05, 0.1) is 0 Å². The lowest BCUT2D eigenvalue weighted by Crippen LogP contribution is -1.97. The van der Waals surface area contributed by atoms with Gasteiger partial charge in [-0.2, -0.15) is 12.6 Å². The minimum atomic E-state index is 0.280. The second-order valence-electron chi connectivity index (χ2n) is 2.71. The molecule has 2 nitrogen and oxygen atoms in total. The number of phenols is 1. The summed E-state index contributed by atoms with van der Waals surface area (Å²) in [7, 11) is 0. The smallest absolute Gasteiger partial charge is 0.124 e. The Hall–Kier alpha value is -0.960. The van der Waals surface area contributed by atoms with Crippen molar-refractivity contribution < 1.29 is 5.11 Å². The number of nitrogens with zero attached hydrogens (tertiary/aromatic N) is 1. The fourth-order valence-corrected chi connectivity index (χ4v) is 1.18. The predicted octanol–water partition coefficient (Wildman–Crippen LogP) is 2.13. The molecule has 0 spiro atoms. The molecule has 1 aromatic rings. The molecule has 0 aliphatic rings. The van der Waals surface area contributed by atoms with Crippen LogP contribution in [0.3, 0.4) is 0 Å². The minimum absolute atomic E-state index is 0.280. The molecule has 0 aliphatic carbocycles. The van der Waals surface area contributed by atoms with Crippen LogP contribution in [0.15, 0.2) is 29.3 Å². The molecule has 1 rings (SSSR count). The van der Waals surface area contributed by atoms with E-state index in [2.05, 4.69) is 17.6 Å². The first kappa shape index (κ1) is 10.1. The summed E-state index contributed by atoms with van der Waals surface area (Å²) in [6.45, 7) is 2.57. The molecule has 0 saturated heterocycles. The monoisotopic (exact) mass is 195 g/mol. The maximum atomic E-state index is 9.48. The van der Waals surface area contributed by atoms with Gasteiger partial charge < -0.3 is 5.11 Å². The Bertz CT molecular complexity index is 310. The molecule has 1 N–H and O–H groups in total. The summed E-state index contributed by atoms with van der Waals surface area (Å²) in [6, 6.07) is 7.20. The normalized spacial score (nSPS) is 11.7. The highest BCUT2D eigenvalue weighted by molar-refractivity contribution is 7.80. The fraction of sp³-hybridized carbons (Fsp3) is 0.300. The average Bonchev–Trinajstić information content (AvgIpc) is 2.15. The number of para-hydroxylation sites is 1. The highest BCUT2D eigenvalue weighted by Crippen LogP contribution is 2.16. The highest BCUT2D eigenvalue weighted by Gasteiger charge is 2.01. The van der Waals surface area contributed by atoms with Gasteiger partial charge in [-0.3, -0.25) is 4.99 Å². The van der Waals surface area contributed by atoms with Crippen LogP contribution in [0.2, 0.25) is 0 Å². The SMILES string of the molecule is C/C(=N/CCS)c1ccccc1O. The first-order valence-electron chi connectivity index (χ1n) is 4.16. The van der Waals surface area contributed by atoms with Crippen molar-refractivity contribution in [1.82, 2.24) is 0 Å². The zero-order valence-electron chi connectivity index (χ0n) is 7.57. The van der Waals surface area contributed by atoms with Gasteiger partial charge in [-0.25, -0.2) is 0 Å². The van der Waals surface area contributed by atoms with Crippen molar-refractivity contribution in [2.24, 2.45) is 4.99 Å². The summed E-state index contributed by atoms with van der Waals surface area (Å²) in [5, 5.41) is 9.48. The highest BCUT2D eigenvalue weighted by atomic mass is 32.1. The van der Waals surface area contributed by atoms with E-state index in [0.717, 1.165) is 17.0 Å². The van der Waals surface area contributed by atoms with Gasteiger partial charge in [0.25, 0.3) is 0 Å². The Morgan fingerprint density at radius 2 is 2.15 bits per heavy atom. The molecule has 0 bridgehead atoms. The molecule has 3 heteroatoms. The Labute approximate surface area is 83.7 Å². The molecular weight excluding hydrogens is 182 g/mol. The largest absolute Gasteiger partial charge is 0.507 e. The van der Waals surface area contributed by atoms with Crippen LogP contribution in [0.5, 0.6) is 5.75 Å². The van der Waals surface area contributed by atoms with E-state index in [1.54, 1.807) is 12.1 Å². The van der Waals surface area contributed by atoms with Crippen molar-refractivity contribution in [3.63, 3.8) is 0 Å². The van der Waals surface area contributed by atoms with E-state index in [4.69, 9.17) is 0 Å². The van der Waals surface area contributed by atoms with Crippen molar-refractivity contribution in [3.8, 4) is 5.75 Å². The number of benzene rings is 1. The molecule has 0 saturated carbocycles. The van der Waals surface area contributed by atoms with Crippen molar-refractivity contribution in [1.29, 1.82) is 0 Å². The van der Waals surface area contributed by atoms with Crippen LogP contribution in [-0.4, -0.2) is 23.1 Å². The number of rotatable bonds is 3. The van der Waals surface area contributed by atoms with Crippen LogP contribution in [0.25, 0.3) is 0 Å². The van der Waals surface area contributed by atoms with Crippen molar-refractivity contribution in [2.45, 2.75) is 6.92 Å². The van der Waals surface area contributed by atoms with Gasteiger partial charge in [-0.15, -0.1) is 0 Å². The maximum absolute atomic E-state index is 9.48. The van der Waals surface area contributed by atoms with Crippen LogP contribution in [0, 0.1) is 0 Å². The van der Waals surface area contributed by atoms with E-state index in [1.807, 2.05) is 19.1 Å². The first-order valence-corrected chi connectivity index (χ1v) is 4.79. The van der Waals surface area contributed by atoms with Gasteiger partial charge in [-0.1, -0.05) is 12.1 Å². The number of aliphatic imine (C=N–C) groups is 1. The molecule has 70 valence electrons. The van der Waals surface area contributed by atoms with E-state index < -0.39 is 0 Å². The van der Waals surface area contributed by atoms with Crippen LogP contribution in [0.4, 0.5) is 0 Å². The third kappa shape index (κ3) is 2.77. The zero-order valence-corrected chi connectivity index (χ0v) is 8.46. The van der Waals surface area contributed by atoms with Crippen molar-refractivity contribution in [3.05, 3.63) is 29.8 Å². The summed E-state index contributed by atoms with van der Waals surface area (Å²) in [6.07, 6.45) is 0. The summed E-state index contributed by atoms with van der Waals surface area (Å²) < 4.78 is 0. The molecule has 0 unspecified atom stereocenters. The molecule has 0 atom stereocenters. The lowest BCUT2D eigenvalue weighted by molar-refractivity contribution is 0.474. The Kier molecular flexibility index (Phi) is 3.83. The lowest BCUT2D eigenvalue weighted by atomic mass is 10.1. The average molecular weight is 195 g/mol. The topological polar surface area (TPSA) is 32.6 Å². The van der Waals surface area contributed by atoms with E-state index in [9.17, 15) is 5.11 Å². The molecule has 0 radical (unpaired) electrons. The van der Waals surface area contributed by atoms with E-state index in [0.29, 0.717) is 6.54 Å². The van der Waals surface area contributed by atoms with Crippen LogP contribution < -0.4 is 0 Å². The molecule has 0 aliphatic heterocycles.